The van der Waals surface area contributed by atoms with Crippen LogP contribution in [-0.2, 0) is 18.4 Å². The van der Waals surface area contributed by atoms with E-state index in [-0.39, 0.29) is 17.5 Å². The summed E-state index contributed by atoms with van der Waals surface area (Å²) in [7, 11) is 1.85. The Kier molecular flexibility index (Phi) is 6.57. The molecule has 4 rings (SSSR count). The number of aryl methyl sites for hydroxylation is 1. The molecule has 32 heavy (non-hydrogen) atoms. The fourth-order valence-corrected chi connectivity index (χ4v) is 4.14. The van der Waals surface area contributed by atoms with Gasteiger partial charge in [-0.25, -0.2) is 4.39 Å². The van der Waals surface area contributed by atoms with Crippen molar-refractivity contribution in [1.29, 1.82) is 0 Å². The minimum absolute atomic E-state index is 0.145. The molecule has 2 aromatic carbocycles. The standard InChI is InChI=1S/C22H20ClFN6OS/c1-3-30-21(18-12-29(2)28-20(18)14-4-6-15(23)7-5-14)26-27-22(30)32-13-19(31)25-17-10-8-16(24)9-11-17/h4-12H,3,13H2,1-2H3,(H,25,31). The molecule has 0 atom stereocenters. The molecule has 7 nitrogen and oxygen atoms in total. The van der Waals surface area contributed by atoms with E-state index >= 15 is 0 Å². The van der Waals surface area contributed by atoms with E-state index in [0.29, 0.717) is 28.2 Å². The molecule has 0 unspecified atom stereocenters. The maximum Gasteiger partial charge on any atom is 0.234 e. The number of nitrogens with one attached hydrogen (secondary N) is 1. The van der Waals surface area contributed by atoms with Gasteiger partial charge in [0.15, 0.2) is 11.0 Å². The number of aromatic nitrogens is 5. The molecule has 0 radical (unpaired) electrons. The van der Waals surface area contributed by atoms with Gasteiger partial charge in [0.05, 0.1) is 11.3 Å². The fourth-order valence-electron chi connectivity index (χ4n) is 3.21. The van der Waals surface area contributed by atoms with Crippen molar-refractivity contribution in [1.82, 2.24) is 24.5 Å². The molecule has 164 valence electrons. The molecular weight excluding hydrogens is 451 g/mol. The van der Waals surface area contributed by atoms with Crippen molar-refractivity contribution >= 4 is 35.0 Å². The fraction of sp³-hybridized carbons (Fsp3) is 0.182. The van der Waals surface area contributed by atoms with E-state index in [0.717, 1.165) is 16.8 Å². The normalized spacial score (nSPS) is 11.0. The van der Waals surface area contributed by atoms with Crippen LogP contribution in [0.4, 0.5) is 10.1 Å². The highest BCUT2D eigenvalue weighted by Crippen LogP contribution is 2.32. The number of amides is 1. The highest BCUT2D eigenvalue weighted by atomic mass is 35.5. The number of thioether (sulfide) groups is 1. The zero-order chi connectivity index (χ0) is 22.7. The Morgan fingerprint density at radius 2 is 1.84 bits per heavy atom. The van der Waals surface area contributed by atoms with Crippen molar-refractivity contribution in [2.24, 2.45) is 7.05 Å². The van der Waals surface area contributed by atoms with Crippen LogP contribution in [0.15, 0.2) is 59.9 Å². The second-order valence-electron chi connectivity index (χ2n) is 6.97. The third-order valence-electron chi connectivity index (χ3n) is 4.68. The molecule has 0 aliphatic carbocycles. The van der Waals surface area contributed by atoms with E-state index in [1.807, 2.05) is 49.0 Å². The van der Waals surface area contributed by atoms with Gasteiger partial charge in [-0.1, -0.05) is 35.5 Å². The Bertz CT molecular complexity index is 1240. The molecule has 0 fully saturated rings. The van der Waals surface area contributed by atoms with Gasteiger partial charge in [0.25, 0.3) is 0 Å². The van der Waals surface area contributed by atoms with Gasteiger partial charge in [-0.2, -0.15) is 5.10 Å². The summed E-state index contributed by atoms with van der Waals surface area (Å²) >= 11 is 7.31. The molecule has 1 amide bonds. The molecule has 1 N–H and O–H groups in total. The third kappa shape index (κ3) is 4.84. The monoisotopic (exact) mass is 470 g/mol. The molecule has 0 aliphatic heterocycles. The van der Waals surface area contributed by atoms with Gasteiger partial charge in [-0.05, 0) is 43.3 Å². The minimum atomic E-state index is -0.352. The lowest BCUT2D eigenvalue weighted by Gasteiger charge is -2.08. The van der Waals surface area contributed by atoms with E-state index in [9.17, 15) is 9.18 Å². The van der Waals surface area contributed by atoms with E-state index in [1.165, 1.54) is 36.0 Å². The zero-order valence-corrected chi connectivity index (χ0v) is 19.0. The van der Waals surface area contributed by atoms with Crippen molar-refractivity contribution in [2.75, 3.05) is 11.1 Å². The Labute approximate surface area is 193 Å². The summed E-state index contributed by atoms with van der Waals surface area (Å²) in [5, 5.41) is 17.3. The van der Waals surface area contributed by atoms with Crippen LogP contribution >= 0.6 is 23.4 Å². The minimum Gasteiger partial charge on any atom is -0.325 e. The van der Waals surface area contributed by atoms with E-state index in [2.05, 4.69) is 20.6 Å². The third-order valence-corrected chi connectivity index (χ3v) is 5.90. The molecule has 0 aliphatic rings. The molecule has 10 heteroatoms. The largest absolute Gasteiger partial charge is 0.325 e. The van der Waals surface area contributed by atoms with Gasteiger partial charge < -0.3 is 9.88 Å². The number of hydrogen-bond acceptors (Lipinski definition) is 5. The van der Waals surface area contributed by atoms with Crippen LogP contribution in [0.1, 0.15) is 6.92 Å². The molecule has 0 saturated heterocycles. The maximum atomic E-state index is 13.0. The molecular formula is C22H20ClFN6OS. The average molecular weight is 471 g/mol. The summed E-state index contributed by atoms with van der Waals surface area (Å²) in [4.78, 5) is 12.3. The van der Waals surface area contributed by atoms with Crippen molar-refractivity contribution in [3.05, 3.63) is 65.6 Å². The van der Waals surface area contributed by atoms with Crippen molar-refractivity contribution in [2.45, 2.75) is 18.6 Å². The number of rotatable bonds is 7. The summed E-state index contributed by atoms with van der Waals surface area (Å²) in [6.45, 7) is 2.62. The second-order valence-corrected chi connectivity index (χ2v) is 8.35. The first kappa shape index (κ1) is 22.0. The number of carbonyl (C=O) groups excluding carboxylic acids is 1. The predicted molar refractivity (Wildman–Crippen MR) is 124 cm³/mol. The van der Waals surface area contributed by atoms with Gasteiger partial charge in [0.2, 0.25) is 5.91 Å². The first-order valence-corrected chi connectivity index (χ1v) is 11.2. The quantitative estimate of drug-likeness (QED) is 0.389. The zero-order valence-electron chi connectivity index (χ0n) is 17.4. The average Bonchev–Trinajstić information content (AvgIpc) is 3.37. The van der Waals surface area contributed by atoms with E-state index < -0.39 is 0 Å². The number of anilines is 1. The number of carbonyl (C=O) groups is 1. The van der Waals surface area contributed by atoms with Crippen LogP contribution in [0.5, 0.6) is 0 Å². The molecule has 0 bridgehead atoms. The lowest BCUT2D eigenvalue weighted by atomic mass is 10.1. The summed E-state index contributed by atoms with van der Waals surface area (Å²) in [6, 6.07) is 13.1. The van der Waals surface area contributed by atoms with Crippen LogP contribution < -0.4 is 5.32 Å². The van der Waals surface area contributed by atoms with Gasteiger partial charge in [0.1, 0.15) is 11.5 Å². The van der Waals surface area contributed by atoms with Gasteiger partial charge in [0, 0.05) is 36.1 Å². The molecule has 0 spiro atoms. The highest BCUT2D eigenvalue weighted by molar-refractivity contribution is 7.99. The van der Waals surface area contributed by atoms with Crippen LogP contribution in [0.2, 0.25) is 5.02 Å². The predicted octanol–water partition coefficient (Wildman–Crippen LogP) is 4.89. The first-order valence-electron chi connectivity index (χ1n) is 9.86. The first-order chi connectivity index (χ1) is 15.4. The summed E-state index contributed by atoms with van der Waals surface area (Å²) in [5.41, 5.74) is 3.07. The Hall–Kier alpha value is -3.17. The molecule has 4 aromatic rings. The summed E-state index contributed by atoms with van der Waals surface area (Å²) < 4.78 is 16.7. The van der Waals surface area contributed by atoms with Gasteiger partial charge in [-0.15, -0.1) is 10.2 Å². The van der Waals surface area contributed by atoms with Crippen molar-refractivity contribution in [3.8, 4) is 22.6 Å². The van der Waals surface area contributed by atoms with Crippen LogP contribution in [-0.4, -0.2) is 36.2 Å². The summed E-state index contributed by atoms with van der Waals surface area (Å²) in [6.07, 6.45) is 1.90. The van der Waals surface area contributed by atoms with Crippen molar-refractivity contribution < 1.29 is 9.18 Å². The number of benzene rings is 2. The molecule has 0 saturated carbocycles. The lowest BCUT2D eigenvalue weighted by Crippen LogP contribution is -2.14. The van der Waals surface area contributed by atoms with Crippen LogP contribution in [0.3, 0.4) is 0 Å². The number of hydrogen-bond donors (Lipinski definition) is 1. The Morgan fingerprint density at radius 3 is 2.53 bits per heavy atom. The smallest absolute Gasteiger partial charge is 0.234 e. The highest BCUT2D eigenvalue weighted by Gasteiger charge is 2.20. The van der Waals surface area contributed by atoms with Gasteiger partial charge in [-0.3, -0.25) is 9.48 Å². The van der Waals surface area contributed by atoms with Crippen molar-refractivity contribution in [3.63, 3.8) is 0 Å². The molecule has 2 heterocycles. The van der Waals surface area contributed by atoms with Crippen LogP contribution in [0, 0.1) is 5.82 Å². The van der Waals surface area contributed by atoms with E-state index in [1.54, 1.807) is 4.68 Å². The number of nitrogens with zero attached hydrogens (tertiary/aromatic N) is 5. The van der Waals surface area contributed by atoms with Gasteiger partial charge >= 0.3 is 0 Å². The molecule has 2 aromatic heterocycles. The lowest BCUT2D eigenvalue weighted by molar-refractivity contribution is -0.113. The topological polar surface area (TPSA) is 77.6 Å². The second kappa shape index (κ2) is 9.54. The summed E-state index contributed by atoms with van der Waals surface area (Å²) in [5.74, 6) is 0.255. The van der Waals surface area contributed by atoms with Crippen LogP contribution in [0.25, 0.3) is 22.6 Å². The van der Waals surface area contributed by atoms with E-state index in [4.69, 9.17) is 11.6 Å². The SMILES string of the molecule is CCn1c(SCC(=O)Nc2ccc(F)cc2)nnc1-c1cn(C)nc1-c1ccc(Cl)cc1. The Morgan fingerprint density at radius 1 is 1.12 bits per heavy atom. The number of halogens is 2. The maximum absolute atomic E-state index is 13.0. The Balaban J connectivity index is 1.54.